The Kier molecular flexibility index (Phi) is 12.1. The Morgan fingerprint density at radius 1 is 0.656 bits per heavy atom. The van der Waals surface area contributed by atoms with E-state index in [0.717, 1.165) is 0 Å². The lowest BCUT2D eigenvalue weighted by molar-refractivity contribution is 0.00578. The SMILES string of the molecule is CCCCCCCC/C=C\CCCCCCC/C=C/[C@H]1[C@@H](C)[C@@H]1B1OC(C)(C)C(C)(C)O1. The van der Waals surface area contributed by atoms with Crippen molar-refractivity contribution in [3.05, 3.63) is 24.3 Å². The van der Waals surface area contributed by atoms with Gasteiger partial charge in [0.25, 0.3) is 0 Å². The van der Waals surface area contributed by atoms with Gasteiger partial charge in [0.2, 0.25) is 0 Å². The summed E-state index contributed by atoms with van der Waals surface area (Å²) >= 11 is 0. The maximum absolute atomic E-state index is 6.26. The van der Waals surface area contributed by atoms with Gasteiger partial charge in [-0.15, -0.1) is 0 Å². The zero-order valence-electron chi connectivity index (χ0n) is 22.3. The Morgan fingerprint density at radius 2 is 1.09 bits per heavy atom. The summed E-state index contributed by atoms with van der Waals surface area (Å²) in [6.07, 6.45) is 28.7. The van der Waals surface area contributed by atoms with Crippen LogP contribution in [0.5, 0.6) is 0 Å². The summed E-state index contributed by atoms with van der Waals surface area (Å²) in [7, 11) is -0.0375. The third-order valence-electron chi connectivity index (χ3n) is 8.09. The molecule has 184 valence electrons. The molecule has 1 aliphatic carbocycles. The van der Waals surface area contributed by atoms with Gasteiger partial charge in [-0.05, 0) is 78.1 Å². The van der Waals surface area contributed by atoms with Crippen molar-refractivity contribution in [1.82, 2.24) is 0 Å². The molecule has 0 aromatic heterocycles. The second-order valence-electron chi connectivity index (χ2n) is 11.4. The number of hydrogen-bond donors (Lipinski definition) is 0. The highest BCUT2D eigenvalue weighted by Gasteiger charge is 2.62. The molecular formula is C29H53BO2. The Balaban J connectivity index is 1.42. The Labute approximate surface area is 201 Å². The van der Waals surface area contributed by atoms with Gasteiger partial charge in [0.15, 0.2) is 0 Å². The van der Waals surface area contributed by atoms with Crippen molar-refractivity contribution in [2.45, 2.75) is 148 Å². The highest BCUT2D eigenvalue weighted by atomic mass is 16.7. The molecule has 0 amide bonds. The Hall–Kier alpha value is -0.535. The summed E-state index contributed by atoms with van der Waals surface area (Å²) in [4.78, 5) is 0. The van der Waals surface area contributed by atoms with E-state index in [9.17, 15) is 0 Å². The van der Waals surface area contributed by atoms with E-state index in [0.29, 0.717) is 17.7 Å². The van der Waals surface area contributed by atoms with Crippen LogP contribution in [0.1, 0.15) is 131 Å². The molecule has 3 atom stereocenters. The highest BCUT2D eigenvalue weighted by Crippen LogP contribution is 2.58. The van der Waals surface area contributed by atoms with Gasteiger partial charge in [-0.2, -0.15) is 0 Å². The first-order valence-electron chi connectivity index (χ1n) is 14.0. The standard InChI is InChI=1S/C29H53BO2/c1-7-8-9-10-11-12-13-14-15-16-17-18-19-20-21-22-23-24-26-25(2)27(26)30-31-28(3,4)29(5,6)32-30/h14-15,23-27H,7-13,16-22H2,1-6H3/b15-14-,24-23+/t25-,26+,27+/m1/s1. The smallest absolute Gasteiger partial charge is 0.403 e. The van der Waals surface area contributed by atoms with Crippen LogP contribution in [0.25, 0.3) is 0 Å². The summed E-state index contributed by atoms with van der Waals surface area (Å²) in [6, 6.07) is 0. The third kappa shape index (κ3) is 9.01. The van der Waals surface area contributed by atoms with Crippen molar-refractivity contribution >= 4 is 7.12 Å². The fourth-order valence-electron chi connectivity index (χ4n) is 4.89. The van der Waals surface area contributed by atoms with Crippen LogP contribution < -0.4 is 0 Å². The van der Waals surface area contributed by atoms with Crippen LogP contribution in [-0.4, -0.2) is 18.3 Å². The normalized spacial score (nSPS) is 26.6. The van der Waals surface area contributed by atoms with Gasteiger partial charge in [0.05, 0.1) is 11.2 Å². The van der Waals surface area contributed by atoms with E-state index >= 15 is 0 Å². The summed E-state index contributed by atoms with van der Waals surface area (Å²) in [5.41, 5.74) is -0.421. The highest BCUT2D eigenvalue weighted by molar-refractivity contribution is 6.49. The molecule has 1 heterocycles. The van der Waals surface area contributed by atoms with Crippen LogP contribution in [0.2, 0.25) is 5.82 Å². The number of rotatable bonds is 17. The van der Waals surface area contributed by atoms with E-state index in [1.807, 2.05) is 0 Å². The average Bonchev–Trinajstić information content (AvgIpc) is 3.31. The van der Waals surface area contributed by atoms with Crippen LogP contribution in [0.15, 0.2) is 24.3 Å². The van der Waals surface area contributed by atoms with E-state index in [2.05, 4.69) is 65.8 Å². The molecule has 32 heavy (non-hydrogen) atoms. The predicted molar refractivity (Wildman–Crippen MR) is 141 cm³/mol. The molecule has 3 heteroatoms. The predicted octanol–water partition coefficient (Wildman–Crippen LogP) is 9.31. The van der Waals surface area contributed by atoms with Crippen LogP contribution in [0.3, 0.4) is 0 Å². The van der Waals surface area contributed by atoms with Gasteiger partial charge < -0.3 is 9.31 Å². The Bertz CT molecular complexity index is 550. The van der Waals surface area contributed by atoms with Crippen LogP contribution >= 0.6 is 0 Å². The lowest BCUT2D eigenvalue weighted by Gasteiger charge is -2.32. The molecule has 2 aliphatic rings. The van der Waals surface area contributed by atoms with Crippen molar-refractivity contribution in [3.63, 3.8) is 0 Å². The van der Waals surface area contributed by atoms with E-state index in [1.54, 1.807) is 0 Å². The van der Waals surface area contributed by atoms with Gasteiger partial charge in [-0.25, -0.2) is 0 Å². The van der Waals surface area contributed by atoms with E-state index < -0.39 is 0 Å². The number of allylic oxidation sites excluding steroid dienone is 4. The zero-order valence-corrected chi connectivity index (χ0v) is 22.3. The first kappa shape index (κ1) is 27.7. The molecule has 1 aliphatic heterocycles. The van der Waals surface area contributed by atoms with Crippen molar-refractivity contribution < 1.29 is 9.31 Å². The summed E-state index contributed by atoms with van der Waals surface area (Å²) in [5, 5.41) is 0. The first-order valence-corrected chi connectivity index (χ1v) is 14.0. The van der Waals surface area contributed by atoms with Gasteiger partial charge in [-0.3, -0.25) is 0 Å². The quantitative estimate of drug-likeness (QED) is 0.126. The molecule has 0 bridgehead atoms. The van der Waals surface area contributed by atoms with Crippen LogP contribution in [-0.2, 0) is 9.31 Å². The van der Waals surface area contributed by atoms with Crippen LogP contribution in [0, 0.1) is 11.8 Å². The summed E-state index contributed by atoms with van der Waals surface area (Å²) < 4.78 is 12.5. The van der Waals surface area contributed by atoms with Crippen molar-refractivity contribution in [2.75, 3.05) is 0 Å². The molecule has 2 nitrogen and oxygen atoms in total. The molecule has 0 N–H and O–H groups in total. The minimum atomic E-state index is -0.210. The molecule has 0 aromatic carbocycles. The second kappa shape index (κ2) is 14.0. The fourth-order valence-corrected chi connectivity index (χ4v) is 4.89. The molecule has 0 aromatic rings. The minimum absolute atomic E-state index is 0.0375. The lowest BCUT2D eigenvalue weighted by Crippen LogP contribution is -2.41. The average molecular weight is 445 g/mol. The van der Waals surface area contributed by atoms with Gasteiger partial charge in [0, 0.05) is 5.82 Å². The lowest BCUT2D eigenvalue weighted by atomic mass is 9.79. The van der Waals surface area contributed by atoms with Gasteiger partial charge >= 0.3 is 7.12 Å². The third-order valence-corrected chi connectivity index (χ3v) is 8.09. The molecule has 0 spiro atoms. The molecule has 0 unspecified atom stereocenters. The van der Waals surface area contributed by atoms with E-state index in [4.69, 9.17) is 9.31 Å². The second-order valence-corrected chi connectivity index (χ2v) is 11.4. The molecule has 1 saturated heterocycles. The summed E-state index contributed by atoms with van der Waals surface area (Å²) in [5.74, 6) is 1.84. The molecule has 2 fully saturated rings. The van der Waals surface area contributed by atoms with E-state index in [-0.39, 0.29) is 18.3 Å². The van der Waals surface area contributed by atoms with Gasteiger partial charge in [0.1, 0.15) is 0 Å². The Morgan fingerprint density at radius 3 is 1.59 bits per heavy atom. The fraction of sp³-hybridized carbons (Fsp3) is 0.862. The topological polar surface area (TPSA) is 18.5 Å². The maximum atomic E-state index is 6.26. The number of hydrogen-bond acceptors (Lipinski definition) is 2. The molecule has 2 rings (SSSR count). The molecular weight excluding hydrogens is 391 g/mol. The van der Waals surface area contributed by atoms with E-state index in [1.165, 1.54) is 89.9 Å². The molecule has 1 saturated carbocycles. The van der Waals surface area contributed by atoms with Crippen LogP contribution in [0.4, 0.5) is 0 Å². The van der Waals surface area contributed by atoms with Crippen molar-refractivity contribution in [2.24, 2.45) is 11.8 Å². The zero-order chi connectivity index (χ0) is 23.5. The van der Waals surface area contributed by atoms with Gasteiger partial charge in [-0.1, -0.05) is 89.5 Å². The van der Waals surface area contributed by atoms with Crippen molar-refractivity contribution in [1.29, 1.82) is 0 Å². The largest absolute Gasteiger partial charge is 0.462 e. The minimum Gasteiger partial charge on any atom is -0.403 e. The molecule has 0 radical (unpaired) electrons. The first-order chi connectivity index (χ1) is 15.3. The number of unbranched alkanes of at least 4 members (excludes halogenated alkanes) is 12. The maximum Gasteiger partial charge on any atom is 0.462 e. The monoisotopic (exact) mass is 444 g/mol. The van der Waals surface area contributed by atoms with Crippen molar-refractivity contribution in [3.8, 4) is 0 Å². The summed E-state index contributed by atoms with van der Waals surface area (Å²) in [6.45, 7) is 13.2.